The lowest BCUT2D eigenvalue weighted by molar-refractivity contribution is -0.140. The number of nitrogens with one attached hydrogen (secondary N) is 3. The van der Waals surface area contributed by atoms with Gasteiger partial charge < -0.3 is 24.9 Å². The van der Waals surface area contributed by atoms with Crippen molar-refractivity contribution in [1.82, 2.24) is 19.9 Å². The number of benzene rings is 1. The van der Waals surface area contributed by atoms with Gasteiger partial charge in [-0.1, -0.05) is 5.92 Å². The summed E-state index contributed by atoms with van der Waals surface area (Å²) in [6.45, 7) is 1.23. The Balaban J connectivity index is 1.51. The highest BCUT2D eigenvalue weighted by Gasteiger charge is 2.33. The maximum Gasteiger partial charge on any atom is 0.432 e. The van der Waals surface area contributed by atoms with Crippen LogP contribution in [0.25, 0.3) is 11.4 Å². The van der Waals surface area contributed by atoms with Crippen molar-refractivity contribution >= 4 is 22.2 Å². The summed E-state index contributed by atoms with van der Waals surface area (Å²) < 4.78 is 66.8. The monoisotopic (exact) mass is 579 g/mol. The fraction of sp³-hybridized carbons (Fsp3) is 0.346. The molecule has 0 aliphatic carbocycles. The molecule has 14 heteroatoms. The summed E-state index contributed by atoms with van der Waals surface area (Å²) in [6, 6.07) is 7.25. The lowest BCUT2D eigenvalue weighted by atomic mass is 10.1. The first-order valence-electron chi connectivity index (χ1n) is 12.3. The minimum absolute atomic E-state index is 0.0596. The van der Waals surface area contributed by atoms with E-state index < -0.39 is 28.4 Å². The number of carbonyl (C=O) groups excluding carboxylic acids is 1. The van der Waals surface area contributed by atoms with E-state index in [9.17, 15) is 31.9 Å². The van der Waals surface area contributed by atoms with Gasteiger partial charge in [-0.3, -0.25) is 18.7 Å². The summed E-state index contributed by atoms with van der Waals surface area (Å²) in [5.74, 6) is 4.74. The number of alkyl halides is 3. The molecular formula is C26H28F3N5O5S. The van der Waals surface area contributed by atoms with Crippen LogP contribution in [0, 0.1) is 11.8 Å². The molecule has 1 aromatic carbocycles. The highest BCUT2D eigenvalue weighted by Crippen LogP contribution is 2.46. The number of hydrogen-bond acceptors (Lipinski definition) is 7. The molecule has 40 heavy (non-hydrogen) atoms. The number of amides is 1. The Morgan fingerprint density at radius 1 is 1.30 bits per heavy atom. The Hall–Kier alpha value is -3.77. The van der Waals surface area contributed by atoms with E-state index in [4.69, 9.17) is 4.74 Å². The van der Waals surface area contributed by atoms with E-state index in [-0.39, 0.29) is 40.2 Å². The predicted octanol–water partition coefficient (Wildman–Crippen LogP) is 3.67. The maximum absolute atomic E-state index is 13.0. The summed E-state index contributed by atoms with van der Waals surface area (Å²) in [5, 5.41) is 5.44. The largest absolute Gasteiger partial charge is 0.491 e. The first kappa shape index (κ1) is 29.2. The van der Waals surface area contributed by atoms with Crippen LogP contribution in [0.3, 0.4) is 0 Å². The van der Waals surface area contributed by atoms with Gasteiger partial charge in [0.15, 0.2) is 0 Å². The Bertz CT molecular complexity index is 1490. The minimum Gasteiger partial charge on any atom is -0.491 e. The summed E-state index contributed by atoms with van der Waals surface area (Å²) in [6.07, 6.45) is -1.41. The minimum atomic E-state index is -4.60. The number of anilines is 1. The van der Waals surface area contributed by atoms with Gasteiger partial charge in [-0.25, -0.2) is 4.98 Å². The van der Waals surface area contributed by atoms with E-state index in [1.165, 1.54) is 35.0 Å². The lowest BCUT2D eigenvalue weighted by Gasteiger charge is -2.44. The van der Waals surface area contributed by atoms with Crippen LogP contribution in [0.2, 0.25) is 0 Å². The van der Waals surface area contributed by atoms with Crippen molar-refractivity contribution in [2.24, 2.45) is 7.05 Å². The third-order valence-corrected chi connectivity index (χ3v) is 8.50. The number of hydrogen-bond donors (Lipinski definition) is 5. The van der Waals surface area contributed by atoms with E-state index in [0.717, 1.165) is 0 Å². The normalized spacial score (nSPS) is 17.4. The van der Waals surface area contributed by atoms with Crippen molar-refractivity contribution in [3.63, 3.8) is 0 Å². The van der Waals surface area contributed by atoms with Gasteiger partial charge >= 0.3 is 12.1 Å². The molecule has 5 N–H and O–H groups in total. The van der Waals surface area contributed by atoms with Crippen molar-refractivity contribution < 1.29 is 31.8 Å². The fourth-order valence-electron chi connectivity index (χ4n) is 3.99. The van der Waals surface area contributed by atoms with Crippen LogP contribution in [0.4, 0.5) is 18.9 Å². The number of pyridine rings is 1. The summed E-state index contributed by atoms with van der Waals surface area (Å²) in [7, 11) is -1.10. The SMILES string of the molecule is Cn1ccc(C#CC(=O)Nc2cc(-c3ncc(C(F)(F)F)[nH]3)ccc2OCCCC2CNCCS2(O)O)cc1=O. The van der Waals surface area contributed by atoms with Crippen molar-refractivity contribution in [1.29, 1.82) is 0 Å². The molecule has 0 saturated carbocycles. The average molecular weight is 580 g/mol. The molecule has 1 aliphatic rings. The summed E-state index contributed by atoms with van der Waals surface area (Å²) in [4.78, 5) is 30.4. The Kier molecular flexibility index (Phi) is 8.89. The second kappa shape index (κ2) is 12.2. The van der Waals surface area contributed by atoms with Gasteiger partial charge in [-0.15, -0.1) is 0 Å². The second-order valence-electron chi connectivity index (χ2n) is 9.16. The number of aromatic amines is 1. The van der Waals surface area contributed by atoms with Gasteiger partial charge in [0.05, 0.1) is 29.5 Å². The molecule has 10 nitrogen and oxygen atoms in total. The van der Waals surface area contributed by atoms with Crippen molar-refractivity contribution in [3.8, 4) is 29.0 Å². The highest BCUT2D eigenvalue weighted by atomic mass is 32.3. The van der Waals surface area contributed by atoms with Crippen molar-refractivity contribution in [2.75, 3.05) is 30.8 Å². The molecule has 1 atom stereocenters. The molecule has 2 aromatic heterocycles. The fourth-order valence-corrected chi connectivity index (χ4v) is 5.70. The number of H-pyrrole nitrogens is 1. The quantitative estimate of drug-likeness (QED) is 0.213. The molecular weight excluding hydrogens is 551 g/mol. The molecule has 0 spiro atoms. The lowest BCUT2D eigenvalue weighted by Crippen LogP contribution is -2.41. The van der Waals surface area contributed by atoms with E-state index in [1.807, 2.05) is 0 Å². The zero-order valence-electron chi connectivity index (χ0n) is 21.4. The molecule has 0 bridgehead atoms. The number of aromatic nitrogens is 3. The zero-order chi connectivity index (χ0) is 28.9. The molecule has 4 rings (SSSR count). The van der Waals surface area contributed by atoms with Crippen LogP contribution >= 0.6 is 10.6 Å². The van der Waals surface area contributed by atoms with Crippen molar-refractivity contribution in [2.45, 2.75) is 24.3 Å². The third kappa shape index (κ3) is 7.45. The van der Waals surface area contributed by atoms with Crippen LogP contribution in [0.5, 0.6) is 5.75 Å². The Labute approximate surface area is 229 Å². The smallest absolute Gasteiger partial charge is 0.432 e. The molecule has 1 aliphatic heterocycles. The maximum atomic E-state index is 13.0. The molecule has 3 heterocycles. The van der Waals surface area contributed by atoms with Crippen LogP contribution < -0.4 is 20.9 Å². The number of halogens is 3. The molecule has 1 saturated heterocycles. The van der Waals surface area contributed by atoms with Gasteiger partial charge in [-0.05, 0) is 37.1 Å². The first-order valence-corrected chi connectivity index (χ1v) is 14.0. The predicted molar refractivity (Wildman–Crippen MR) is 145 cm³/mol. The highest BCUT2D eigenvalue weighted by molar-refractivity contribution is 8.24. The number of carbonyl (C=O) groups is 1. The van der Waals surface area contributed by atoms with Gasteiger partial charge in [0, 0.05) is 49.4 Å². The number of nitrogens with zero attached hydrogens (tertiary/aromatic N) is 2. The number of rotatable bonds is 7. The van der Waals surface area contributed by atoms with E-state index in [2.05, 4.69) is 32.4 Å². The van der Waals surface area contributed by atoms with E-state index in [0.29, 0.717) is 43.4 Å². The molecule has 3 aromatic rings. The Morgan fingerprint density at radius 2 is 2.10 bits per heavy atom. The molecule has 1 fully saturated rings. The number of imidazole rings is 1. The van der Waals surface area contributed by atoms with Gasteiger partial charge in [0.1, 0.15) is 17.3 Å². The van der Waals surface area contributed by atoms with Crippen LogP contribution in [0.1, 0.15) is 24.1 Å². The molecule has 0 radical (unpaired) electrons. The van der Waals surface area contributed by atoms with Crippen LogP contribution in [-0.2, 0) is 18.0 Å². The van der Waals surface area contributed by atoms with Crippen LogP contribution in [-0.4, -0.2) is 60.2 Å². The molecule has 1 amide bonds. The van der Waals surface area contributed by atoms with Gasteiger partial charge in [0.25, 0.3) is 5.56 Å². The average Bonchev–Trinajstić information content (AvgIpc) is 3.40. The van der Waals surface area contributed by atoms with E-state index in [1.54, 1.807) is 13.1 Å². The zero-order valence-corrected chi connectivity index (χ0v) is 22.2. The summed E-state index contributed by atoms with van der Waals surface area (Å²) in [5.41, 5.74) is -0.565. The first-order chi connectivity index (χ1) is 18.9. The number of ether oxygens (including phenoxy) is 1. The Morgan fingerprint density at radius 3 is 2.80 bits per heavy atom. The number of aryl methyl sites for hydroxylation is 1. The molecule has 214 valence electrons. The van der Waals surface area contributed by atoms with Gasteiger partial charge in [0.2, 0.25) is 0 Å². The van der Waals surface area contributed by atoms with Gasteiger partial charge in [-0.2, -0.15) is 23.8 Å². The third-order valence-electron chi connectivity index (χ3n) is 6.22. The second-order valence-corrected chi connectivity index (χ2v) is 11.7. The van der Waals surface area contributed by atoms with E-state index >= 15 is 0 Å². The van der Waals surface area contributed by atoms with Crippen molar-refractivity contribution in [3.05, 3.63) is 64.3 Å². The van der Waals surface area contributed by atoms with Crippen LogP contribution in [0.15, 0.2) is 47.5 Å². The molecule has 1 unspecified atom stereocenters. The topological polar surface area (TPSA) is 142 Å². The standard InChI is InChI=1S/C26H28F3N5O5S/c1-34-10-8-17(13-24(34)36)4-7-23(35)32-20-14-18(25-31-16-22(33-25)26(27,28)29)5-6-21(20)39-11-2-3-19-15-30-9-12-40(19,37)38/h5-6,8,10,13-14,16,19,30,37-38H,2-3,9,11-12,15H2,1H3,(H,31,33)(H,32,35). The summed E-state index contributed by atoms with van der Waals surface area (Å²) >= 11 is 0.